The summed E-state index contributed by atoms with van der Waals surface area (Å²) in [5.74, 6) is -1.83. The van der Waals surface area contributed by atoms with Gasteiger partial charge in [-0.15, -0.1) is 0 Å². The zero-order valence-electron chi connectivity index (χ0n) is 19.0. The maximum absolute atomic E-state index is 13.2. The van der Waals surface area contributed by atoms with Crippen molar-refractivity contribution < 1.29 is 24.0 Å². The van der Waals surface area contributed by atoms with Gasteiger partial charge >= 0.3 is 5.97 Å². The zero-order chi connectivity index (χ0) is 25.7. The second-order valence-corrected chi connectivity index (χ2v) is 8.24. The minimum Gasteiger partial charge on any atom is -0.478 e. The van der Waals surface area contributed by atoms with Gasteiger partial charge in [-0.05, 0) is 77.6 Å². The highest BCUT2D eigenvalue weighted by molar-refractivity contribution is 6.05. The fraction of sp³-hybridized carbons (Fsp3) is 0.0714. The van der Waals surface area contributed by atoms with Crippen molar-refractivity contribution in [3.05, 3.63) is 140 Å². The van der Waals surface area contributed by atoms with Crippen LogP contribution in [0.2, 0.25) is 0 Å². The number of hydrogen-bond donors (Lipinski definition) is 2. The molecule has 0 spiro atoms. The summed E-state index contributed by atoms with van der Waals surface area (Å²) < 4.78 is 13.2. The SMILES string of the molecule is O=C(O)c1ccc(NC(=O)c2cccc(Cc3ccc(F)cc3)c2)c(Cc2cccc([N+](=O)[O-])c2)c1. The van der Waals surface area contributed by atoms with Crippen LogP contribution in [-0.2, 0) is 12.8 Å². The van der Waals surface area contributed by atoms with Crippen molar-refractivity contribution in [3.63, 3.8) is 0 Å². The van der Waals surface area contributed by atoms with Gasteiger partial charge in [-0.2, -0.15) is 0 Å². The number of nitrogens with zero attached hydrogens (tertiary/aromatic N) is 1. The average Bonchev–Trinajstić information content (AvgIpc) is 2.86. The van der Waals surface area contributed by atoms with Gasteiger partial charge in [-0.25, -0.2) is 9.18 Å². The van der Waals surface area contributed by atoms with E-state index in [0.717, 1.165) is 11.1 Å². The normalized spacial score (nSPS) is 10.6. The number of nitro benzene ring substituents is 1. The molecule has 4 rings (SSSR count). The molecule has 4 aromatic rings. The first-order valence-corrected chi connectivity index (χ1v) is 11.0. The minimum absolute atomic E-state index is 0.0368. The fourth-order valence-corrected chi connectivity index (χ4v) is 3.85. The number of halogens is 1. The maximum atomic E-state index is 13.2. The number of carbonyl (C=O) groups excluding carboxylic acids is 1. The number of nitro groups is 1. The molecular weight excluding hydrogens is 463 g/mol. The Balaban J connectivity index is 1.58. The minimum atomic E-state index is -1.12. The van der Waals surface area contributed by atoms with E-state index in [9.17, 15) is 29.2 Å². The van der Waals surface area contributed by atoms with Gasteiger partial charge in [0, 0.05) is 23.4 Å². The molecule has 0 unspecified atom stereocenters. The summed E-state index contributed by atoms with van der Waals surface area (Å²) in [5.41, 5.74) is 3.64. The van der Waals surface area contributed by atoms with E-state index in [-0.39, 0.29) is 29.4 Å². The number of carbonyl (C=O) groups is 2. The maximum Gasteiger partial charge on any atom is 0.335 e. The molecule has 7 nitrogen and oxygen atoms in total. The molecule has 0 aliphatic carbocycles. The summed E-state index contributed by atoms with van der Waals surface area (Å²) >= 11 is 0. The van der Waals surface area contributed by atoms with Gasteiger partial charge in [0.2, 0.25) is 0 Å². The Kier molecular flexibility index (Phi) is 7.15. The lowest BCUT2D eigenvalue weighted by atomic mass is 9.99. The number of nitrogens with one attached hydrogen (secondary N) is 1. The van der Waals surface area contributed by atoms with Crippen molar-refractivity contribution in [2.75, 3.05) is 5.32 Å². The van der Waals surface area contributed by atoms with Gasteiger partial charge < -0.3 is 10.4 Å². The molecule has 0 heterocycles. The van der Waals surface area contributed by atoms with Crippen LogP contribution in [0.3, 0.4) is 0 Å². The van der Waals surface area contributed by atoms with Crippen LogP contribution in [0, 0.1) is 15.9 Å². The van der Waals surface area contributed by atoms with E-state index in [1.165, 1.54) is 42.5 Å². The molecule has 0 aliphatic heterocycles. The molecule has 0 fully saturated rings. The van der Waals surface area contributed by atoms with Crippen molar-refractivity contribution in [2.45, 2.75) is 12.8 Å². The van der Waals surface area contributed by atoms with Crippen LogP contribution in [0.25, 0.3) is 0 Å². The van der Waals surface area contributed by atoms with E-state index < -0.39 is 10.9 Å². The Morgan fingerprint density at radius 1 is 0.806 bits per heavy atom. The molecule has 180 valence electrons. The van der Waals surface area contributed by atoms with Gasteiger partial charge in [0.15, 0.2) is 0 Å². The number of carboxylic acid groups (broad SMARTS) is 1. The number of aromatic carboxylic acids is 1. The molecule has 0 aliphatic rings. The molecule has 2 N–H and O–H groups in total. The summed E-state index contributed by atoms with van der Waals surface area (Å²) in [4.78, 5) is 35.2. The first-order valence-electron chi connectivity index (χ1n) is 11.0. The first-order chi connectivity index (χ1) is 17.3. The molecule has 0 aromatic heterocycles. The van der Waals surface area contributed by atoms with Gasteiger partial charge in [0.05, 0.1) is 10.5 Å². The van der Waals surface area contributed by atoms with Crippen LogP contribution in [0.15, 0.2) is 91.0 Å². The number of amides is 1. The third-order valence-corrected chi connectivity index (χ3v) is 5.63. The van der Waals surface area contributed by atoms with E-state index >= 15 is 0 Å². The average molecular weight is 484 g/mol. The van der Waals surface area contributed by atoms with E-state index in [0.29, 0.717) is 28.8 Å². The number of anilines is 1. The molecular formula is C28H21FN2O5. The van der Waals surface area contributed by atoms with Crippen molar-refractivity contribution in [2.24, 2.45) is 0 Å². The van der Waals surface area contributed by atoms with Crippen molar-refractivity contribution in [3.8, 4) is 0 Å². The number of non-ortho nitro benzene ring substituents is 1. The lowest BCUT2D eigenvalue weighted by molar-refractivity contribution is -0.384. The predicted octanol–water partition coefficient (Wildman–Crippen LogP) is 5.87. The molecule has 8 heteroatoms. The Bertz CT molecular complexity index is 1450. The highest BCUT2D eigenvalue weighted by atomic mass is 19.1. The highest BCUT2D eigenvalue weighted by Gasteiger charge is 2.15. The quantitative estimate of drug-likeness (QED) is 0.240. The van der Waals surface area contributed by atoms with Crippen LogP contribution >= 0.6 is 0 Å². The fourth-order valence-electron chi connectivity index (χ4n) is 3.85. The van der Waals surface area contributed by atoms with Crippen LogP contribution in [-0.4, -0.2) is 21.9 Å². The number of benzene rings is 4. The summed E-state index contributed by atoms with van der Waals surface area (Å²) in [6.45, 7) is 0. The highest BCUT2D eigenvalue weighted by Crippen LogP contribution is 2.24. The van der Waals surface area contributed by atoms with Crippen LogP contribution in [0.4, 0.5) is 15.8 Å². The molecule has 0 atom stereocenters. The van der Waals surface area contributed by atoms with E-state index in [2.05, 4.69) is 5.32 Å². The molecule has 0 saturated carbocycles. The zero-order valence-corrected chi connectivity index (χ0v) is 19.0. The second kappa shape index (κ2) is 10.6. The Hall–Kier alpha value is -4.85. The molecule has 1 amide bonds. The number of carboxylic acids is 1. The van der Waals surface area contributed by atoms with Crippen molar-refractivity contribution in [1.82, 2.24) is 0 Å². The third kappa shape index (κ3) is 5.98. The summed E-state index contributed by atoms with van der Waals surface area (Å²) in [6, 6.07) is 23.6. The summed E-state index contributed by atoms with van der Waals surface area (Å²) in [7, 11) is 0. The Morgan fingerprint density at radius 3 is 2.19 bits per heavy atom. The second-order valence-electron chi connectivity index (χ2n) is 8.24. The standard InChI is InChI=1S/C28H21FN2O5/c29-24-10-7-18(8-11-24)13-19-3-1-5-21(14-19)27(32)30-26-12-9-22(28(33)34)17-23(26)15-20-4-2-6-25(16-20)31(35)36/h1-12,14,16-17H,13,15H2,(H,30,32)(H,33,34). The molecule has 0 saturated heterocycles. The smallest absolute Gasteiger partial charge is 0.335 e. The van der Waals surface area contributed by atoms with Crippen LogP contribution in [0.1, 0.15) is 43.0 Å². The van der Waals surface area contributed by atoms with E-state index in [1.54, 1.807) is 42.5 Å². The molecule has 4 aromatic carbocycles. The Morgan fingerprint density at radius 2 is 1.50 bits per heavy atom. The van der Waals surface area contributed by atoms with Gasteiger partial charge in [-0.3, -0.25) is 14.9 Å². The summed E-state index contributed by atoms with van der Waals surface area (Å²) in [5, 5.41) is 23.4. The number of rotatable bonds is 8. The molecule has 0 bridgehead atoms. The Labute approximate surface area is 206 Å². The lowest BCUT2D eigenvalue weighted by Gasteiger charge is -2.13. The van der Waals surface area contributed by atoms with Gasteiger partial charge in [0.1, 0.15) is 5.82 Å². The molecule has 0 radical (unpaired) electrons. The topological polar surface area (TPSA) is 110 Å². The van der Waals surface area contributed by atoms with Gasteiger partial charge in [-0.1, -0.05) is 36.4 Å². The number of hydrogen-bond acceptors (Lipinski definition) is 4. The third-order valence-electron chi connectivity index (χ3n) is 5.63. The van der Waals surface area contributed by atoms with E-state index in [4.69, 9.17) is 0 Å². The van der Waals surface area contributed by atoms with E-state index in [1.807, 2.05) is 6.07 Å². The predicted molar refractivity (Wildman–Crippen MR) is 133 cm³/mol. The molecule has 36 heavy (non-hydrogen) atoms. The van der Waals surface area contributed by atoms with Gasteiger partial charge in [0.25, 0.3) is 11.6 Å². The van der Waals surface area contributed by atoms with Crippen LogP contribution < -0.4 is 5.32 Å². The lowest BCUT2D eigenvalue weighted by Crippen LogP contribution is -2.14. The first kappa shape index (κ1) is 24.3. The van der Waals surface area contributed by atoms with Crippen molar-refractivity contribution in [1.29, 1.82) is 0 Å². The van der Waals surface area contributed by atoms with Crippen LogP contribution in [0.5, 0.6) is 0 Å². The monoisotopic (exact) mass is 484 g/mol. The summed E-state index contributed by atoms with van der Waals surface area (Å²) in [6.07, 6.45) is 0.704. The largest absolute Gasteiger partial charge is 0.478 e. The van der Waals surface area contributed by atoms with Crippen molar-refractivity contribution >= 4 is 23.3 Å².